The van der Waals surface area contributed by atoms with Crippen molar-refractivity contribution in [2.75, 3.05) is 65.7 Å². The van der Waals surface area contributed by atoms with E-state index in [2.05, 4.69) is 52.3 Å². The van der Waals surface area contributed by atoms with Gasteiger partial charge in [-0.05, 0) is 69.2 Å². The lowest BCUT2D eigenvalue weighted by molar-refractivity contribution is -0.139. The van der Waals surface area contributed by atoms with Crippen LogP contribution < -0.4 is 20.7 Å². The molecule has 3 N–H and O–H groups in total. The number of hydrogen-bond acceptors (Lipinski definition) is 8. The number of piperidine rings is 2. The summed E-state index contributed by atoms with van der Waals surface area (Å²) < 4.78 is 22.3. The van der Waals surface area contributed by atoms with E-state index in [0.29, 0.717) is 51.8 Å². The molecule has 3 aliphatic rings. The maximum atomic E-state index is 13.5. The molecule has 1 unspecified atom stereocenters. The van der Waals surface area contributed by atoms with Gasteiger partial charge < -0.3 is 44.7 Å². The Morgan fingerprint density at radius 3 is 2.39 bits per heavy atom. The van der Waals surface area contributed by atoms with Gasteiger partial charge in [-0.15, -0.1) is 0 Å². The lowest BCUT2D eigenvalue weighted by atomic mass is 9.76. The van der Waals surface area contributed by atoms with Gasteiger partial charge in [0, 0.05) is 45.1 Å². The summed E-state index contributed by atoms with van der Waals surface area (Å²) in [7, 11) is 0. The Labute approximate surface area is 300 Å². The van der Waals surface area contributed by atoms with Crippen LogP contribution in [0.2, 0.25) is 0 Å². The average molecular weight is 708 g/mol. The molecule has 0 radical (unpaired) electrons. The zero-order valence-electron chi connectivity index (χ0n) is 30.1. The predicted molar refractivity (Wildman–Crippen MR) is 190 cm³/mol. The number of carbonyl (C=O) groups is 4. The number of fused-ring (bicyclic) bond motifs is 1. The maximum absolute atomic E-state index is 13.5. The van der Waals surface area contributed by atoms with Crippen LogP contribution in [0.3, 0.4) is 0 Å². The smallest absolute Gasteiger partial charge is 0.407 e. The summed E-state index contributed by atoms with van der Waals surface area (Å²) in [5.74, 6) is 0.939. The fraction of sp³-hybridized carbons (Fsp3) is 0.579. The summed E-state index contributed by atoms with van der Waals surface area (Å²) in [5.41, 5.74) is 1.82. The van der Waals surface area contributed by atoms with E-state index in [9.17, 15) is 19.2 Å². The first-order valence-electron chi connectivity index (χ1n) is 18.1. The molecule has 0 saturated carbocycles. The Hall–Kier alpha value is -4.36. The molecule has 3 fully saturated rings. The number of amides is 5. The molecule has 2 aromatic carbocycles. The van der Waals surface area contributed by atoms with Gasteiger partial charge in [-0.25, -0.2) is 9.59 Å². The number of rotatable bonds is 13. The van der Waals surface area contributed by atoms with Gasteiger partial charge in [-0.2, -0.15) is 0 Å². The van der Waals surface area contributed by atoms with Crippen LogP contribution in [0.15, 0.2) is 54.6 Å². The van der Waals surface area contributed by atoms with Crippen molar-refractivity contribution in [1.29, 1.82) is 0 Å². The molecule has 3 aliphatic heterocycles. The first kappa shape index (κ1) is 37.9. The van der Waals surface area contributed by atoms with E-state index in [0.717, 1.165) is 30.6 Å². The number of benzene rings is 2. The van der Waals surface area contributed by atoms with E-state index in [1.54, 1.807) is 20.8 Å². The Balaban J connectivity index is 1.06. The highest BCUT2D eigenvalue weighted by Crippen LogP contribution is 2.39. The van der Waals surface area contributed by atoms with E-state index in [4.69, 9.17) is 18.9 Å². The quantitative estimate of drug-likeness (QED) is 0.268. The lowest BCUT2D eigenvalue weighted by Gasteiger charge is -2.44. The zero-order chi connectivity index (χ0) is 36.2. The number of alkyl carbamates (subject to hydrolysis) is 1. The number of morpholine rings is 1. The van der Waals surface area contributed by atoms with Crippen molar-refractivity contribution in [2.24, 2.45) is 5.92 Å². The van der Waals surface area contributed by atoms with Crippen molar-refractivity contribution in [3.63, 3.8) is 0 Å². The fourth-order valence-corrected chi connectivity index (χ4v) is 6.95. The molecule has 3 saturated heterocycles. The summed E-state index contributed by atoms with van der Waals surface area (Å²) in [4.78, 5) is 53.1. The largest absolute Gasteiger partial charge is 0.492 e. The van der Waals surface area contributed by atoms with Gasteiger partial charge in [0.2, 0.25) is 11.8 Å². The topological polar surface area (TPSA) is 148 Å². The summed E-state index contributed by atoms with van der Waals surface area (Å²) >= 11 is 0. The van der Waals surface area contributed by atoms with E-state index >= 15 is 0 Å². The number of urea groups is 1. The molecule has 5 rings (SSSR count). The van der Waals surface area contributed by atoms with Gasteiger partial charge in [0.05, 0.1) is 31.9 Å². The van der Waals surface area contributed by atoms with Crippen LogP contribution in [0.25, 0.3) is 0 Å². The fourth-order valence-electron chi connectivity index (χ4n) is 6.95. The lowest BCUT2D eigenvalue weighted by Crippen LogP contribution is -2.62. The van der Waals surface area contributed by atoms with Crippen LogP contribution >= 0.6 is 0 Å². The van der Waals surface area contributed by atoms with Gasteiger partial charge in [-0.1, -0.05) is 42.5 Å². The Morgan fingerprint density at radius 2 is 1.63 bits per heavy atom. The molecule has 2 aromatic rings. The molecule has 3 atom stereocenters. The molecule has 5 amide bonds. The summed E-state index contributed by atoms with van der Waals surface area (Å²) in [6.45, 7) is 9.43. The van der Waals surface area contributed by atoms with E-state index in [-0.39, 0.29) is 62.2 Å². The number of hydrogen-bond donors (Lipinski definition) is 3. The highest BCUT2D eigenvalue weighted by atomic mass is 16.6. The van der Waals surface area contributed by atoms with Crippen molar-refractivity contribution in [1.82, 2.24) is 25.8 Å². The predicted octanol–water partition coefficient (Wildman–Crippen LogP) is 3.67. The molecule has 13 heteroatoms. The minimum atomic E-state index is -0.559. The van der Waals surface area contributed by atoms with E-state index in [1.807, 2.05) is 28.0 Å². The first-order chi connectivity index (χ1) is 24.6. The average Bonchev–Trinajstić information content (AvgIpc) is 3.11. The standard InChI is InChI=1S/C38H53N5O8/c1-38(2,3)51-36(46)40-16-22-48-21-15-33(44)39-17-23-49-30-11-7-10-29(24-30)35(27-8-5-4-6-9-27)28-12-18-42(19-13-28)37(47)43-20-14-32-31(25-43)41-34(45)26-50-32/h4-11,24,28,31-32,35H,12-23,25-26H2,1-3H3,(H,39,44)(H,40,46)(H,41,45)/t31-,32+,35?/m1/s1. The molecule has 0 spiro atoms. The highest BCUT2D eigenvalue weighted by molar-refractivity contribution is 5.79. The van der Waals surface area contributed by atoms with Gasteiger partial charge in [0.25, 0.3) is 0 Å². The maximum Gasteiger partial charge on any atom is 0.407 e. The summed E-state index contributed by atoms with van der Waals surface area (Å²) in [5, 5.41) is 8.46. The van der Waals surface area contributed by atoms with Crippen LogP contribution in [0.1, 0.15) is 63.5 Å². The minimum absolute atomic E-state index is 0.0265. The Bertz CT molecular complexity index is 1460. The molecular formula is C38H53N5O8. The molecular weight excluding hydrogens is 654 g/mol. The van der Waals surface area contributed by atoms with Crippen LogP contribution in [0.5, 0.6) is 5.75 Å². The molecule has 0 aromatic heterocycles. The van der Waals surface area contributed by atoms with Crippen LogP contribution in [-0.4, -0.2) is 117 Å². The Kier molecular flexibility index (Phi) is 13.5. The molecule has 0 aliphatic carbocycles. The highest BCUT2D eigenvalue weighted by Gasteiger charge is 2.38. The van der Waals surface area contributed by atoms with Crippen LogP contribution in [0.4, 0.5) is 9.59 Å². The molecule has 3 heterocycles. The molecule has 13 nitrogen and oxygen atoms in total. The molecule has 278 valence electrons. The third-order valence-electron chi connectivity index (χ3n) is 9.33. The number of nitrogens with one attached hydrogen (secondary N) is 3. The van der Waals surface area contributed by atoms with Gasteiger partial charge >= 0.3 is 12.1 Å². The second-order valence-corrected chi connectivity index (χ2v) is 14.3. The normalized spacial score (nSPS) is 20.1. The number of likely N-dealkylation sites (tertiary alicyclic amines) is 2. The van der Waals surface area contributed by atoms with Crippen molar-refractivity contribution in [3.05, 3.63) is 65.7 Å². The second-order valence-electron chi connectivity index (χ2n) is 14.3. The van der Waals surface area contributed by atoms with Crippen molar-refractivity contribution in [2.45, 2.75) is 70.1 Å². The minimum Gasteiger partial charge on any atom is -0.492 e. The monoisotopic (exact) mass is 707 g/mol. The van der Waals surface area contributed by atoms with Crippen LogP contribution in [-0.2, 0) is 23.8 Å². The van der Waals surface area contributed by atoms with Crippen molar-refractivity contribution >= 4 is 23.9 Å². The second kappa shape index (κ2) is 18.2. The van der Waals surface area contributed by atoms with Crippen molar-refractivity contribution < 1.29 is 38.1 Å². The van der Waals surface area contributed by atoms with Gasteiger partial charge in [0.15, 0.2) is 0 Å². The number of carbonyl (C=O) groups excluding carboxylic acids is 4. The van der Waals surface area contributed by atoms with Crippen molar-refractivity contribution in [3.8, 4) is 5.75 Å². The molecule has 0 bridgehead atoms. The first-order valence-corrected chi connectivity index (χ1v) is 18.1. The third-order valence-corrected chi connectivity index (χ3v) is 9.33. The summed E-state index contributed by atoms with van der Waals surface area (Å²) in [6.07, 6.45) is 2.14. The Morgan fingerprint density at radius 1 is 0.902 bits per heavy atom. The number of nitrogens with zero attached hydrogens (tertiary/aromatic N) is 2. The molecule has 51 heavy (non-hydrogen) atoms. The van der Waals surface area contributed by atoms with E-state index in [1.165, 1.54) is 5.56 Å². The van der Waals surface area contributed by atoms with Gasteiger partial charge in [-0.3, -0.25) is 9.59 Å². The third kappa shape index (κ3) is 11.6. The van der Waals surface area contributed by atoms with Crippen LogP contribution in [0, 0.1) is 5.92 Å². The summed E-state index contributed by atoms with van der Waals surface area (Å²) in [6, 6.07) is 18.5. The number of ether oxygens (including phenoxy) is 4. The van der Waals surface area contributed by atoms with Gasteiger partial charge in [0.1, 0.15) is 24.6 Å². The SMILES string of the molecule is CC(C)(C)OC(=O)NCCOCCC(=O)NCCOc1cccc(C(c2ccccc2)C2CCN(C(=O)N3CC[C@@H]4OCC(=O)N[C@@H]4C3)CC2)c1. The zero-order valence-corrected chi connectivity index (χ0v) is 30.1. The van der Waals surface area contributed by atoms with E-state index < -0.39 is 11.7 Å².